The van der Waals surface area contributed by atoms with Crippen molar-refractivity contribution in [3.63, 3.8) is 0 Å². The van der Waals surface area contributed by atoms with E-state index in [1.54, 1.807) is 0 Å². The number of phenols is 1. The maximum absolute atomic E-state index is 13.2. The van der Waals surface area contributed by atoms with Crippen LogP contribution in [0.1, 0.15) is 10.9 Å². The van der Waals surface area contributed by atoms with Gasteiger partial charge in [-0.25, -0.2) is 0 Å². The Bertz CT molecular complexity index is 440. The molecule has 0 saturated heterocycles. The van der Waals surface area contributed by atoms with Crippen LogP contribution in [0.15, 0.2) is 24.3 Å². The van der Waals surface area contributed by atoms with Crippen LogP contribution in [0, 0.1) is 0 Å². The lowest BCUT2D eigenvalue weighted by Crippen LogP contribution is -2.53. The Hall–Kier alpha value is -1.18. The summed E-state index contributed by atoms with van der Waals surface area (Å²) in [4.78, 5) is 0. The average molecular weight is 311 g/mol. The van der Waals surface area contributed by atoms with Gasteiger partial charge in [-0.2, -0.15) is 30.7 Å². The monoisotopic (exact) mass is 310 g/mol. The van der Waals surface area contributed by atoms with E-state index in [1.807, 2.05) is 0 Å². The molecule has 0 aliphatic rings. The van der Waals surface area contributed by atoms with Crippen molar-refractivity contribution in [2.75, 3.05) is 0 Å². The maximum atomic E-state index is 13.2. The molecule has 1 nitrogen and oxygen atoms in total. The van der Waals surface area contributed by atoms with Crippen molar-refractivity contribution in [1.82, 2.24) is 0 Å². The SMILES string of the molecule is Oc1ccc(C(Cl)C(F)(F)C(F)(F)C(F)(F)F)cc1. The summed E-state index contributed by atoms with van der Waals surface area (Å²) in [5, 5.41) is 5.97. The zero-order chi connectivity index (χ0) is 15.1. The van der Waals surface area contributed by atoms with Gasteiger partial charge in [-0.05, 0) is 17.7 Å². The summed E-state index contributed by atoms with van der Waals surface area (Å²) in [6.45, 7) is 0. The van der Waals surface area contributed by atoms with Crippen LogP contribution in [0.25, 0.3) is 0 Å². The molecule has 0 heterocycles. The van der Waals surface area contributed by atoms with Crippen LogP contribution in [0.4, 0.5) is 30.7 Å². The Kier molecular flexibility index (Phi) is 3.96. The van der Waals surface area contributed by atoms with Gasteiger partial charge in [0, 0.05) is 0 Å². The van der Waals surface area contributed by atoms with E-state index in [9.17, 15) is 30.7 Å². The number of alkyl halides is 8. The van der Waals surface area contributed by atoms with Gasteiger partial charge in [0.1, 0.15) is 11.1 Å². The van der Waals surface area contributed by atoms with E-state index in [0.29, 0.717) is 0 Å². The van der Waals surface area contributed by atoms with E-state index >= 15 is 0 Å². The fraction of sp³-hybridized carbons (Fsp3) is 0.400. The molecule has 0 fully saturated rings. The molecule has 0 radical (unpaired) electrons. The molecule has 1 aromatic carbocycles. The Morgan fingerprint density at radius 2 is 1.32 bits per heavy atom. The fourth-order valence-corrected chi connectivity index (χ4v) is 1.48. The molecular formula is C10H6ClF7O. The zero-order valence-corrected chi connectivity index (χ0v) is 9.61. The van der Waals surface area contributed by atoms with Crippen LogP contribution < -0.4 is 0 Å². The first-order valence-corrected chi connectivity index (χ1v) is 5.10. The molecule has 9 heteroatoms. The van der Waals surface area contributed by atoms with Gasteiger partial charge in [0.2, 0.25) is 0 Å². The summed E-state index contributed by atoms with van der Waals surface area (Å²) < 4.78 is 87.7. The molecule has 0 saturated carbocycles. The molecule has 0 amide bonds. The topological polar surface area (TPSA) is 20.2 Å². The number of hydrogen-bond donors (Lipinski definition) is 1. The van der Waals surface area contributed by atoms with Gasteiger partial charge in [0.25, 0.3) is 0 Å². The van der Waals surface area contributed by atoms with Crippen molar-refractivity contribution in [3.8, 4) is 5.75 Å². The summed E-state index contributed by atoms with van der Waals surface area (Å²) >= 11 is 5.03. The minimum atomic E-state index is -6.43. The lowest BCUT2D eigenvalue weighted by Gasteiger charge is -2.31. The highest BCUT2D eigenvalue weighted by atomic mass is 35.5. The highest BCUT2D eigenvalue weighted by molar-refractivity contribution is 6.21. The first-order valence-electron chi connectivity index (χ1n) is 4.66. The van der Waals surface area contributed by atoms with Gasteiger partial charge < -0.3 is 5.11 Å². The van der Waals surface area contributed by atoms with Crippen LogP contribution >= 0.6 is 11.6 Å². The van der Waals surface area contributed by atoms with Crippen LogP contribution in [-0.2, 0) is 0 Å². The van der Waals surface area contributed by atoms with Gasteiger partial charge in [0.05, 0.1) is 0 Å². The Labute approximate surface area is 107 Å². The minimum absolute atomic E-state index is 0.376. The third-order valence-corrected chi connectivity index (χ3v) is 2.80. The minimum Gasteiger partial charge on any atom is -0.508 e. The van der Waals surface area contributed by atoms with Crippen LogP contribution in [0.5, 0.6) is 5.75 Å². The van der Waals surface area contributed by atoms with Gasteiger partial charge >= 0.3 is 18.0 Å². The Morgan fingerprint density at radius 3 is 1.68 bits per heavy atom. The van der Waals surface area contributed by atoms with E-state index in [2.05, 4.69) is 0 Å². The van der Waals surface area contributed by atoms with Gasteiger partial charge in [0.15, 0.2) is 0 Å². The van der Waals surface area contributed by atoms with Crippen LogP contribution in [-0.4, -0.2) is 23.1 Å². The molecule has 19 heavy (non-hydrogen) atoms. The molecule has 1 N–H and O–H groups in total. The van der Waals surface area contributed by atoms with E-state index in [1.165, 1.54) is 0 Å². The summed E-state index contributed by atoms with van der Waals surface area (Å²) in [5.41, 5.74) is -0.673. The second-order valence-corrected chi connectivity index (χ2v) is 4.09. The fourth-order valence-electron chi connectivity index (χ4n) is 1.20. The second kappa shape index (κ2) is 4.73. The molecule has 1 aromatic rings. The molecule has 0 aromatic heterocycles. The normalized spacial score (nSPS) is 15.4. The van der Waals surface area contributed by atoms with E-state index in [0.717, 1.165) is 24.3 Å². The highest BCUT2D eigenvalue weighted by Gasteiger charge is 2.75. The lowest BCUT2D eigenvalue weighted by atomic mass is 10.0. The highest BCUT2D eigenvalue weighted by Crippen LogP contribution is 2.53. The Morgan fingerprint density at radius 1 is 0.895 bits per heavy atom. The van der Waals surface area contributed by atoms with Crippen molar-refractivity contribution in [3.05, 3.63) is 29.8 Å². The predicted molar refractivity (Wildman–Crippen MR) is 52.6 cm³/mol. The van der Waals surface area contributed by atoms with Crippen molar-refractivity contribution < 1.29 is 35.8 Å². The number of phenolic OH excluding ortho intramolecular Hbond substituents is 1. The molecular weight excluding hydrogens is 305 g/mol. The van der Waals surface area contributed by atoms with Crippen LogP contribution in [0.2, 0.25) is 0 Å². The second-order valence-electron chi connectivity index (χ2n) is 3.65. The number of benzene rings is 1. The molecule has 0 spiro atoms. The quantitative estimate of drug-likeness (QED) is 0.643. The number of rotatable bonds is 3. The van der Waals surface area contributed by atoms with E-state index in [-0.39, 0.29) is 5.75 Å². The van der Waals surface area contributed by atoms with Gasteiger partial charge in [-0.1, -0.05) is 12.1 Å². The van der Waals surface area contributed by atoms with Crippen LogP contribution in [0.3, 0.4) is 0 Å². The summed E-state index contributed by atoms with van der Waals surface area (Å²) in [7, 11) is 0. The van der Waals surface area contributed by atoms with Crippen molar-refractivity contribution >= 4 is 11.6 Å². The molecule has 108 valence electrons. The van der Waals surface area contributed by atoms with Crippen molar-refractivity contribution in [2.24, 2.45) is 0 Å². The van der Waals surface area contributed by atoms with Gasteiger partial charge in [-0.3, -0.25) is 0 Å². The molecule has 1 unspecified atom stereocenters. The first kappa shape index (κ1) is 15.9. The summed E-state index contributed by atoms with van der Waals surface area (Å²) in [5.74, 6) is -12.2. The smallest absolute Gasteiger partial charge is 0.459 e. The van der Waals surface area contributed by atoms with Crippen molar-refractivity contribution in [2.45, 2.75) is 23.4 Å². The van der Waals surface area contributed by atoms with Gasteiger partial charge in [-0.15, -0.1) is 11.6 Å². The number of hydrogen-bond acceptors (Lipinski definition) is 1. The predicted octanol–water partition coefficient (Wildman–Crippen LogP) is 4.51. The zero-order valence-electron chi connectivity index (χ0n) is 8.86. The first-order chi connectivity index (χ1) is 8.41. The summed E-state index contributed by atoms with van der Waals surface area (Å²) in [6.07, 6.45) is -6.43. The van der Waals surface area contributed by atoms with E-state index < -0.39 is 29.0 Å². The average Bonchev–Trinajstić information content (AvgIpc) is 2.27. The molecule has 1 atom stereocenters. The molecule has 0 aliphatic heterocycles. The molecule has 0 bridgehead atoms. The standard InChI is InChI=1S/C10H6ClF7O/c11-7(5-1-3-6(19)4-2-5)8(12,13)9(14,15)10(16,17)18/h1-4,7,19H. The third kappa shape index (κ3) is 2.72. The molecule has 0 aliphatic carbocycles. The lowest BCUT2D eigenvalue weighted by molar-refractivity contribution is -0.355. The Balaban J connectivity index is 3.16. The number of halogens is 8. The largest absolute Gasteiger partial charge is 0.508 e. The van der Waals surface area contributed by atoms with E-state index in [4.69, 9.17) is 16.7 Å². The number of aromatic hydroxyl groups is 1. The maximum Gasteiger partial charge on any atom is 0.459 e. The molecule has 1 rings (SSSR count). The third-order valence-electron chi connectivity index (χ3n) is 2.28. The summed E-state index contributed by atoms with van der Waals surface area (Å²) in [6, 6.07) is 3.14. The van der Waals surface area contributed by atoms with Crippen molar-refractivity contribution in [1.29, 1.82) is 0 Å².